The van der Waals surface area contributed by atoms with Crippen molar-refractivity contribution in [3.8, 4) is 0 Å². The minimum Gasteiger partial charge on any atom is -0.396 e. The Bertz CT molecular complexity index is 1240. The Balaban J connectivity index is 1.63. The highest BCUT2D eigenvalue weighted by molar-refractivity contribution is 9.10. The maximum atomic E-state index is 13.7. The molecule has 0 bridgehead atoms. The van der Waals surface area contributed by atoms with Gasteiger partial charge in [0.1, 0.15) is 0 Å². The van der Waals surface area contributed by atoms with Crippen LogP contribution in [-0.4, -0.2) is 34.1 Å². The number of aliphatic hydroxyl groups excluding tert-OH is 1. The fourth-order valence-corrected chi connectivity index (χ4v) is 4.76. The van der Waals surface area contributed by atoms with E-state index in [1.54, 1.807) is 23.1 Å². The summed E-state index contributed by atoms with van der Waals surface area (Å²) in [5, 5.41) is 21.0. The Morgan fingerprint density at radius 1 is 1.03 bits per heavy atom. The van der Waals surface area contributed by atoms with Crippen molar-refractivity contribution in [2.75, 3.05) is 13.2 Å². The number of benzene rings is 3. The van der Waals surface area contributed by atoms with E-state index in [2.05, 4.69) is 15.9 Å². The highest BCUT2D eigenvalue weighted by Crippen LogP contribution is 2.51. The number of carbonyl (C=O) groups excluding carboxylic acids is 1. The number of nitrogens with zero attached hydrogens (tertiary/aromatic N) is 2. The zero-order chi connectivity index (χ0) is 23.9. The van der Waals surface area contributed by atoms with Gasteiger partial charge in [0, 0.05) is 45.3 Å². The molecule has 2 aliphatic rings. The lowest BCUT2D eigenvalue weighted by atomic mass is 9.93. The van der Waals surface area contributed by atoms with Crippen molar-refractivity contribution in [3.63, 3.8) is 0 Å². The number of fused-ring (bicyclic) bond motifs is 1. The van der Waals surface area contributed by atoms with E-state index in [4.69, 9.17) is 4.74 Å². The molecule has 5 rings (SSSR count). The summed E-state index contributed by atoms with van der Waals surface area (Å²) < 4.78 is 7.60. The van der Waals surface area contributed by atoms with E-state index in [0.717, 1.165) is 34.0 Å². The number of non-ortho nitro benzene ring substituents is 1. The van der Waals surface area contributed by atoms with Crippen LogP contribution in [0.25, 0.3) is 0 Å². The highest BCUT2D eigenvalue weighted by Gasteiger charge is 2.54. The van der Waals surface area contributed by atoms with Gasteiger partial charge in [0.15, 0.2) is 5.72 Å². The van der Waals surface area contributed by atoms with Crippen molar-refractivity contribution in [3.05, 3.63) is 110 Å². The minimum absolute atomic E-state index is 0.00571. The molecule has 1 saturated carbocycles. The first-order valence-corrected chi connectivity index (χ1v) is 11.8. The second-order valence-corrected chi connectivity index (χ2v) is 9.87. The molecule has 0 spiro atoms. The number of halogens is 1. The third-order valence-electron chi connectivity index (χ3n) is 6.75. The van der Waals surface area contributed by atoms with Crippen molar-refractivity contribution in [2.24, 2.45) is 5.41 Å². The molecular formula is C26H23BrN2O5. The molecule has 0 aromatic heterocycles. The average molecular weight is 523 g/mol. The van der Waals surface area contributed by atoms with Gasteiger partial charge >= 0.3 is 0 Å². The van der Waals surface area contributed by atoms with E-state index in [1.807, 2.05) is 42.5 Å². The largest absolute Gasteiger partial charge is 0.396 e. The topological polar surface area (TPSA) is 92.9 Å². The molecule has 3 aromatic rings. The molecule has 1 fully saturated rings. The lowest BCUT2D eigenvalue weighted by molar-refractivity contribution is -0.384. The summed E-state index contributed by atoms with van der Waals surface area (Å²) in [5.74, 6) is -0.175. The number of rotatable bonds is 8. The number of hydrogen-bond donors (Lipinski definition) is 1. The van der Waals surface area contributed by atoms with Gasteiger partial charge in [0.05, 0.1) is 18.1 Å². The minimum atomic E-state index is -1.19. The molecule has 7 nitrogen and oxygen atoms in total. The lowest BCUT2D eigenvalue weighted by Gasteiger charge is -2.40. The van der Waals surface area contributed by atoms with Crippen LogP contribution in [0.4, 0.5) is 5.69 Å². The Kier molecular flexibility index (Phi) is 5.75. The number of ether oxygens (including phenoxy) is 1. The number of amides is 1. The first-order valence-electron chi connectivity index (χ1n) is 11.0. The summed E-state index contributed by atoms with van der Waals surface area (Å²) in [4.78, 5) is 26.0. The second-order valence-electron chi connectivity index (χ2n) is 8.96. The fourth-order valence-electron chi connectivity index (χ4n) is 4.50. The van der Waals surface area contributed by atoms with Crippen LogP contribution >= 0.6 is 15.9 Å². The van der Waals surface area contributed by atoms with Crippen molar-refractivity contribution in [2.45, 2.75) is 25.1 Å². The molecule has 174 valence electrons. The van der Waals surface area contributed by atoms with Crippen LogP contribution in [0, 0.1) is 15.5 Å². The van der Waals surface area contributed by atoms with Crippen LogP contribution in [0.2, 0.25) is 0 Å². The molecule has 1 unspecified atom stereocenters. The predicted molar refractivity (Wildman–Crippen MR) is 129 cm³/mol. The Morgan fingerprint density at radius 2 is 1.71 bits per heavy atom. The highest BCUT2D eigenvalue weighted by atomic mass is 79.9. The van der Waals surface area contributed by atoms with Gasteiger partial charge in [0.25, 0.3) is 11.6 Å². The maximum Gasteiger partial charge on any atom is 0.269 e. The standard InChI is InChI=1S/C26H23BrN2O5/c27-20-9-7-19(8-10-20)26(34-17-25(16-30)13-14-25)23-4-2-1-3-22(23)24(31)28(26)15-18-5-11-21(12-6-18)29(32)33/h1-12,30H,13-17H2. The van der Waals surface area contributed by atoms with Gasteiger partial charge in [-0.15, -0.1) is 0 Å². The van der Waals surface area contributed by atoms with Gasteiger partial charge in [-0.05, 0) is 36.6 Å². The van der Waals surface area contributed by atoms with Crippen molar-refractivity contribution >= 4 is 27.5 Å². The molecule has 1 atom stereocenters. The van der Waals surface area contributed by atoms with E-state index >= 15 is 0 Å². The number of carbonyl (C=O) groups is 1. The quantitative estimate of drug-likeness (QED) is 0.331. The van der Waals surface area contributed by atoms with Crippen LogP contribution in [0.5, 0.6) is 0 Å². The monoisotopic (exact) mass is 522 g/mol. The molecule has 8 heteroatoms. The molecule has 3 aromatic carbocycles. The number of nitro groups is 1. The zero-order valence-corrected chi connectivity index (χ0v) is 19.9. The molecule has 1 N–H and O–H groups in total. The molecular weight excluding hydrogens is 500 g/mol. The first-order chi connectivity index (χ1) is 16.4. The SMILES string of the molecule is O=C1c2ccccc2C(OCC2(CO)CC2)(c2ccc(Br)cc2)N1Cc1ccc([N+](=O)[O-])cc1. The maximum absolute atomic E-state index is 13.7. The molecule has 34 heavy (non-hydrogen) atoms. The molecule has 0 radical (unpaired) electrons. The summed E-state index contributed by atoms with van der Waals surface area (Å²) >= 11 is 3.49. The lowest BCUT2D eigenvalue weighted by Crippen LogP contribution is -2.47. The molecule has 1 aliphatic heterocycles. The van der Waals surface area contributed by atoms with Gasteiger partial charge in [0.2, 0.25) is 0 Å². The smallest absolute Gasteiger partial charge is 0.269 e. The molecule has 0 saturated heterocycles. The van der Waals surface area contributed by atoms with Crippen LogP contribution < -0.4 is 0 Å². The van der Waals surface area contributed by atoms with Gasteiger partial charge in [-0.1, -0.05) is 58.4 Å². The number of hydrogen-bond acceptors (Lipinski definition) is 5. The summed E-state index contributed by atoms with van der Waals surface area (Å²) in [6, 6.07) is 21.3. The van der Waals surface area contributed by atoms with E-state index in [0.29, 0.717) is 12.2 Å². The van der Waals surface area contributed by atoms with E-state index in [9.17, 15) is 20.0 Å². The van der Waals surface area contributed by atoms with Gasteiger partial charge in [-0.25, -0.2) is 0 Å². The summed E-state index contributed by atoms with van der Waals surface area (Å²) in [6.07, 6.45) is 1.75. The summed E-state index contributed by atoms with van der Waals surface area (Å²) in [7, 11) is 0. The van der Waals surface area contributed by atoms with Crippen LogP contribution in [0.3, 0.4) is 0 Å². The Morgan fingerprint density at radius 3 is 2.32 bits per heavy atom. The fraction of sp³-hybridized carbons (Fsp3) is 0.269. The van der Waals surface area contributed by atoms with Crippen LogP contribution in [0.15, 0.2) is 77.3 Å². The van der Waals surface area contributed by atoms with Crippen molar-refractivity contribution in [1.82, 2.24) is 4.90 Å². The summed E-state index contributed by atoms with van der Waals surface area (Å²) in [6.45, 7) is 0.535. The Labute approximate surface area is 205 Å². The predicted octanol–water partition coefficient (Wildman–Crippen LogP) is 5.00. The van der Waals surface area contributed by atoms with E-state index in [-0.39, 0.29) is 30.2 Å². The van der Waals surface area contributed by atoms with Crippen molar-refractivity contribution < 1.29 is 19.6 Å². The first kappa shape index (κ1) is 22.7. The van der Waals surface area contributed by atoms with E-state index in [1.165, 1.54) is 12.1 Å². The molecule has 1 aliphatic carbocycles. The van der Waals surface area contributed by atoms with Gasteiger partial charge in [-0.3, -0.25) is 19.8 Å². The number of nitro benzene ring substituents is 1. The average Bonchev–Trinajstić information content (AvgIpc) is 3.60. The molecule has 1 amide bonds. The summed E-state index contributed by atoms with van der Waals surface area (Å²) in [5.41, 5.74) is 1.36. The van der Waals surface area contributed by atoms with Crippen molar-refractivity contribution in [1.29, 1.82) is 0 Å². The zero-order valence-electron chi connectivity index (χ0n) is 18.3. The molecule has 1 heterocycles. The van der Waals surface area contributed by atoms with Gasteiger partial charge in [-0.2, -0.15) is 0 Å². The normalized spacial score (nSPS) is 20.3. The number of aliphatic hydroxyl groups is 1. The third-order valence-corrected chi connectivity index (χ3v) is 7.28. The second kappa shape index (κ2) is 8.61. The van der Waals surface area contributed by atoms with E-state index < -0.39 is 10.6 Å². The third kappa shape index (κ3) is 3.81. The van der Waals surface area contributed by atoms with Crippen LogP contribution in [-0.2, 0) is 17.0 Å². The van der Waals surface area contributed by atoms with Gasteiger partial charge < -0.3 is 9.84 Å². The van der Waals surface area contributed by atoms with Crippen LogP contribution in [0.1, 0.15) is 39.9 Å². The Hall–Kier alpha value is -3.07.